The van der Waals surface area contributed by atoms with Crippen LogP contribution in [0.15, 0.2) is 0 Å². The van der Waals surface area contributed by atoms with Gasteiger partial charge in [-0.15, -0.1) is 0 Å². The number of nitrogens with zero attached hydrogens (tertiary/aromatic N) is 1. The third-order valence-electron chi connectivity index (χ3n) is 3.50. The molecule has 14 heavy (non-hydrogen) atoms. The maximum absolute atomic E-state index is 5.93. The van der Waals surface area contributed by atoms with Gasteiger partial charge in [-0.3, -0.25) is 4.90 Å². The SMILES string of the molecule is CC(N)CN(C)C1CCC2CCC1O2. The monoisotopic (exact) mass is 198 g/mol. The molecule has 2 rings (SSSR count). The Kier molecular flexibility index (Phi) is 3.10. The summed E-state index contributed by atoms with van der Waals surface area (Å²) in [4.78, 5) is 2.39. The third-order valence-corrected chi connectivity index (χ3v) is 3.50. The Labute approximate surface area is 86.6 Å². The average Bonchev–Trinajstić information content (AvgIpc) is 2.46. The average molecular weight is 198 g/mol. The second-order valence-electron chi connectivity index (χ2n) is 4.94. The zero-order valence-corrected chi connectivity index (χ0v) is 9.28. The van der Waals surface area contributed by atoms with Gasteiger partial charge in [-0.25, -0.2) is 0 Å². The second-order valence-corrected chi connectivity index (χ2v) is 4.94. The van der Waals surface area contributed by atoms with E-state index in [-0.39, 0.29) is 6.04 Å². The van der Waals surface area contributed by atoms with Gasteiger partial charge in [-0.1, -0.05) is 0 Å². The van der Waals surface area contributed by atoms with Crippen LogP contribution in [0.4, 0.5) is 0 Å². The molecule has 2 bridgehead atoms. The molecule has 3 heteroatoms. The van der Waals surface area contributed by atoms with Crippen LogP contribution in [0.25, 0.3) is 0 Å². The van der Waals surface area contributed by atoms with E-state index in [1.165, 1.54) is 25.7 Å². The summed E-state index contributed by atoms with van der Waals surface area (Å²) in [5, 5.41) is 0. The molecular weight excluding hydrogens is 176 g/mol. The van der Waals surface area contributed by atoms with Crippen molar-refractivity contribution in [3.8, 4) is 0 Å². The summed E-state index contributed by atoms with van der Waals surface area (Å²) in [7, 11) is 2.18. The van der Waals surface area contributed by atoms with E-state index in [4.69, 9.17) is 10.5 Å². The van der Waals surface area contributed by atoms with E-state index < -0.39 is 0 Å². The summed E-state index contributed by atoms with van der Waals surface area (Å²) in [5.74, 6) is 0. The van der Waals surface area contributed by atoms with Crippen LogP contribution in [0.5, 0.6) is 0 Å². The first kappa shape index (κ1) is 10.4. The van der Waals surface area contributed by atoms with E-state index in [9.17, 15) is 0 Å². The normalized spacial score (nSPS) is 39.0. The lowest BCUT2D eigenvalue weighted by atomic mass is 10.0. The lowest BCUT2D eigenvalue weighted by Crippen LogP contribution is -2.47. The van der Waals surface area contributed by atoms with Gasteiger partial charge >= 0.3 is 0 Å². The van der Waals surface area contributed by atoms with Gasteiger partial charge in [-0.2, -0.15) is 0 Å². The van der Waals surface area contributed by atoms with Crippen molar-refractivity contribution in [1.82, 2.24) is 4.90 Å². The number of nitrogens with two attached hydrogens (primary N) is 1. The molecule has 0 aromatic heterocycles. The molecule has 0 aromatic rings. The standard InChI is InChI=1S/C11H22N2O/c1-8(12)7-13(2)10-5-3-9-4-6-11(10)14-9/h8-11H,3-7,12H2,1-2H3. The van der Waals surface area contributed by atoms with E-state index in [1.807, 2.05) is 0 Å². The smallest absolute Gasteiger partial charge is 0.0734 e. The van der Waals surface area contributed by atoms with E-state index in [0.717, 1.165) is 6.54 Å². The van der Waals surface area contributed by atoms with E-state index in [2.05, 4.69) is 18.9 Å². The summed E-state index contributed by atoms with van der Waals surface area (Å²) in [6.07, 6.45) is 6.10. The first-order valence-corrected chi connectivity index (χ1v) is 5.78. The summed E-state index contributed by atoms with van der Waals surface area (Å²) in [6.45, 7) is 3.05. The van der Waals surface area contributed by atoms with Crippen molar-refractivity contribution in [3.63, 3.8) is 0 Å². The fourth-order valence-corrected chi connectivity index (χ4v) is 2.87. The largest absolute Gasteiger partial charge is 0.373 e. The third kappa shape index (κ3) is 2.10. The van der Waals surface area contributed by atoms with E-state index in [1.54, 1.807) is 0 Å². The van der Waals surface area contributed by atoms with Gasteiger partial charge in [0.2, 0.25) is 0 Å². The molecule has 0 aliphatic carbocycles. The molecule has 4 atom stereocenters. The maximum Gasteiger partial charge on any atom is 0.0734 e. The summed E-state index contributed by atoms with van der Waals surface area (Å²) >= 11 is 0. The first-order valence-electron chi connectivity index (χ1n) is 5.78. The minimum Gasteiger partial charge on any atom is -0.373 e. The molecule has 2 N–H and O–H groups in total. The number of rotatable bonds is 3. The Hall–Kier alpha value is -0.120. The minimum absolute atomic E-state index is 0.263. The molecule has 3 nitrogen and oxygen atoms in total. The highest BCUT2D eigenvalue weighted by Gasteiger charge is 2.38. The summed E-state index contributed by atoms with van der Waals surface area (Å²) < 4.78 is 5.93. The van der Waals surface area contributed by atoms with E-state index in [0.29, 0.717) is 18.2 Å². The van der Waals surface area contributed by atoms with Crippen LogP contribution in [-0.4, -0.2) is 42.8 Å². The van der Waals surface area contributed by atoms with Gasteiger partial charge in [0.15, 0.2) is 0 Å². The molecule has 82 valence electrons. The van der Waals surface area contributed by atoms with Gasteiger partial charge in [-0.05, 0) is 39.7 Å². The molecular formula is C11H22N2O. The van der Waals surface area contributed by atoms with Crippen molar-refractivity contribution in [1.29, 1.82) is 0 Å². The Balaban J connectivity index is 1.90. The Bertz CT molecular complexity index is 196. The van der Waals surface area contributed by atoms with Gasteiger partial charge in [0, 0.05) is 18.6 Å². The molecule has 2 saturated heterocycles. The van der Waals surface area contributed by atoms with Crippen molar-refractivity contribution in [2.75, 3.05) is 13.6 Å². The molecule has 2 aliphatic heterocycles. The number of hydrogen-bond acceptors (Lipinski definition) is 3. The first-order chi connectivity index (χ1) is 6.66. The quantitative estimate of drug-likeness (QED) is 0.734. The molecule has 2 heterocycles. The Morgan fingerprint density at radius 3 is 2.79 bits per heavy atom. The van der Waals surface area contributed by atoms with Crippen molar-refractivity contribution < 1.29 is 4.74 Å². The van der Waals surface area contributed by atoms with Crippen molar-refractivity contribution in [2.45, 2.75) is 56.9 Å². The van der Waals surface area contributed by atoms with Gasteiger partial charge < -0.3 is 10.5 Å². The molecule has 2 aliphatic rings. The fraction of sp³-hybridized carbons (Fsp3) is 1.00. The predicted octanol–water partition coefficient (Wildman–Crippen LogP) is 0.975. The predicted molar refractivity (Wildman–Crippen MR) is 57.2 cm³/mol. The highest BCUT2D eigenvalue weighted by Crippen LogP contribution is 2.34. The molecule has 0 radical (unpaired) electrons. The Morgan fingerprint density at radius 2 is 2.07 bits per heavy atom. The number of likely N-dealkylation sites (N-methyl/N-ethyl adjacent to an activating group) is 1. The molecule has 0 aromatic carbocycles. The highest BCUT2D eigenvalue weighted by molar-refractivity contribution is 4.90. The fourth-order valence-electron chi connectivity index (χ4n) is 2.87. The molecule has 4 unspecified atom stereocenters. The Morgan fingerprint density at radius 1 is 1.36 bits per heavy atom. The minimum atomic E-state index is 0.263. The number of hydrogen-bond donors (Lipinski definition) is 1. The molecule has 0 amide bonds. The van der Waals surface area contributed by atoms with Crippen LogP contribution in [0.2, 0.25) is 0 Å². The zero-order chi connectivity index (χ0) is 10.1. The van der Waals surface area contributed by atoms with Gasteiger partial charge in [0.25, 0.3) is 0 Å². The van der Waals surface area contributed by atoms with Gasteiger partial charge in [0.05, 0.1) is 12.2 Å². The zero-order valence-electron chi connectivity index (χ0n) is 9.28. The second kappa shape index (κ2) is 4.17. The topological polar surface area (TPSA) is 38.5 Å². The van der Waals surface area contributed by atoms with Crippen LogP contribution in [0.1, 0.15) is 32.6 Å². The lowest BCUT2D eigenvalue weighted by Gasteiger charge is -2.36. The maximum atomic E-state index is 5.93. The lowest BCUT2D eigenvalue weighted by molar-refractivity contribution is -0.0483. The molecule has 0 spiro atoms. The number of fused-ring (bicyclic) bond motifs is 2. The van der Waals surface area contributed by atoms with Crippen LogP contribution in [0, 0.1) is 0 Å². The number of ether oxygens (including phenoxy) is 1. The van der Waals surface area contributed by atoms with Crippen molar-refractivity contribution >= 4 is 0 Å². The van der Waals surface area contributed by atoms with Crippen LogP contribution >= 0.6 is 0 Å². The summed E-state index contributed by atoms with van der Waals surface area (Å²) in [6, 6.07) is 0.874. The molecule has 0 saturated carbocycles. The van der Waals surface area contributed by atoms with Crippen LogP contribution < -0.4 is 5.73 Å². The van der Waals surface area contributed by atoms with E-state index >= 15 is 0 Å². The van der Waals surface area contributed by atoms with Crippen molar-refractivity contribution in [2.24, 2.45) is 5.73 Å². The van der Waals surface area contributed by atoms with Crippen LogP contribution in [-0.2, 0) is 4.74 Å². The van der Waals surface area contributed by atoms with Crippen molar-refractivity contribution in [3.05, 3.63) is 0 Å². The highest BCUT2D eigenvalue weighted by atomic mass is 16.5. The van der Waals surface area contributed by atoms with Gasteiger partial charge in [0.1, 0.15) is 0 Å². The van der Waals surface area contributed by atoms with Crippen LogP contribution in [0.3, 0.4) is 0 Å². The molecule has 2 fully saturated rings. The summed E-state index contributed by atoms with van der Waals surface area (Å²) in [5.41, 5.74) is 5.81.